The Hall–Kier alpha value is -1.93. The van der Waals surface area contributed by atoms with Gasteiger partial charge in [0.2, 0.25) is 11.9 Å². The molecule has 0 atom stereocenters. The number of nitrogens with two attached hydrogens (primary N) is 1. The summed E-state index contributed by atoms with van der Waals surface area (Å²) in [7, 11) is 0. The van der Waals surface area contributed by atoms with Gasteiger partial charge in [0.1, 0.15) is 0 Å². The van der Waals surface area contributed by atoms with E-state index in [1.807, 2.05) is 39.0 Å². The number of nitrogens with zero attached hydrogens (tertiary/aromatic N) is 3. The van der Waals surface area contributed by atoms with Gasteiger partial charge in [0.15, 0.2) is 0 Å². The van der Waals surface area contributed by atoms with Crippen LogP contribution in [-0.2, 0) is 0 Å². The van der Waals surface area contributed by atoms with Crippen LogP contribution in [-0.4, -0.2) is 21.1 Å². The van der Waals surface area contributed by atoms with E-state index in [1.54, 1.807) is 0 Å². The number of nitrogens with one attached hydrogen (secondary N) is 2. The van der Waals surface area contributed by atoms with Crippen LogP contribution in [0.1, 0.15) is 19.4 Å². The molecule has 0 aliphatic carbocycles. The van der Waals surface area contributed by atoms with E-state index in [0.29, 0.717) is 5.95 Å². The molecule has 21 heavy (non-hydrogen) atoms. The molecule has 8 heteroatoms. The van der Waals surface area contributed by atoms with Crippen molar-refractivity contribution in [3.63, 3.8) is 0 Å². The van der Waals surface area contributed by atoms with Gasteiger partial charge in [-0.25, -0.2) is 5.84 Å². The van der Waals surface area contributed by atoms with Gasteiger partial charge < -0.3 is 10.1 Å². The third kappa shape index (κ3) is 4.27. The normalized spacial score (nSPS) is 10.6. The summed E-state index contributed by atoms with van der Waals surface area (Å²) < 4.78 is 6.39. The minimum Gasteiger partial charge on any atom is -0.461 e. The van der Waals surface area contributed by atoms with Crippen molar-refractivity contribution in [3.05, 3.63) is 28.2 Å². The number of hydrogen-bond donors (Lipinski definition) is 3. The molecule has 0 saturated carbocycles. The average molecular weight is 353 g/mol. The molecule has 112 valence electrons. The lowest BCUT2D eigenvalue weighted by Crippen LogP contribution is -2.15. The van der Waals surface area contributed by atoms with E-state index in [9.17, 15) is 0 Å². The van der Waals surface area contributed by atoms with Crippen LogP contribution in [0.4, 0.5) is 17.6 Å². The first-order valence-electron chi connectivity index (χ1n) is 6.40. The lowest BCUT2D eigenvalue weighted by atomic mass is 10.2. The van der Waals surface area contributed by atoms with Crippen molar-refractivity contribution >= 4 is 33.5 Å². The largest absolute Gasteiger partial charge is 0.461 e. The first-order valence-corrected chi connectivity index (χ1v) is 7.19. The van der Waals surface area contributed by atoms with Crippen LogP contribution in [0.2, 0.25) is 0 Å². The molecule has 0 amide bonds. The lowest BCUT2D eigenvalue weighted by molar-refractivity contribution is 0.222. The number of hydrogen-bond acceptors (Lipinski definition) is 7. The SMILES string of the molecule is Cc1ccc(Nc2nc(NN)nc(OC(C)C)n2)c(Br)c1. The van der Waals surface area contributed by atoms with E-state index in [4.69, 9.17) is 10.6 Å². The predicted octanol–water partition coefficient (Wildman–Crippen LogP) is 2.76. The summed E-state index contributed by atoms with van der Waals surface area (Å²) in [4.78, 5) is 12.4. The Balaban J connectivity index is 2.29. The molecule has 4 N–H and O–H groups in total. The van der Waals surface area contributed by atoms with E-state index in [2.05, 4.69) is 41.6 Å². The van der Waals surface area contributed by atoms with Crippen molar-refractivity contribution in [2.75, 3.05) is 10.7 Å². The Morgan fingerprint density at radius 3 is 2.52 bits per heavy atom. The molecule has 1 aromatic carbocycles. The zero-order chi connectivity index (χ0) is 15.4. The molecule has 0 aliphatic rings. The summed E-state index contributed by atoms with van der Waals surface area (Å²) >= 11 is 3.49. The Labute approximate surface area is 131 Å². The third-order valence-corrected chi connectivity index (χ3v) is 3.11. The highest BCUT2D eigenvalue weighted by molar-refractivity contribution is 9.10. The summed E-state index contributed by atoms with van der Waals surface area (Å²) in [5.41, 5.74) is 4.38. The third-order valence-electron chi connectivity index (χ3n) is 2.46. The van der Waals surface area contributed by atoms with E-state index < -0.39 is 0 Å². The molecule has 0 bridgehead atoms. The van der Waals surface area contributed by atoms with E-state index in [-0.39, 0.29) is 18.1 Å². The smallest absolute Gasteiger partial charge is 0.323 e. The van der Waals surface area contributed by atoms with Gasteiger partial charge in [-0.3, -0.25) is 5.43 Å². The number of nitrogen functional groups attached to an aromatic ring is 1. The maximum Gasteiger partial charge on any atom is 0.323 e. The minimum absolute atomic E-state index is 0.0445. The van der Waals surface area contributed by atoms with Crippen molar-refractivity contribution in [1.29, 1.82) is 0 Å². The Morgan fingerprint density at radius 2 is 1.90 bits per heavy atom. The molecule has 0 spiro atoms. The maximum atomic E-state index is 5.47. The highest BCUT2D eigenvalue weighted by Crippen LogP contribution is 2.26. The van der Waals surface area contributed by atoms with E-state index in [0.717, 1.165) is 15.7 Å². The summed E-state index contributed by atoms with van der Waals surface area (Å²) in [5.74, 6) is 5.94. The summed E-state index contributed by atoms with van der Waals surface area (Å²) in [6.07, 6.45) is -0.0445. The second kappa shape index (κ2) is 6.68. The maximum absolute atomic E-state index is 5.47. The Morgan fingerprint density at radius 1 is 1.19 bits per heavy atom. The van der Waals surface area contributed by atoms with Crippen molar-refractivity contribution in [2.24, 2.45) is 5.84 Å². The van der Waals surface area contributed by atoms with Gasteiger partial charge in [-0.15, -0.1) is 0 Å². The molecular weight excluding hydrogens is 336 g/mol. The molecule has 0 radical (unpaired) electrons. The summed E-state index contributed by atoms with van der Waals surface area (Å²) in [5, 5.41) is 3.10. The quantitative estimate of drug-likeness (QED) is 0.562. The number of benzene rings is 1. The second-order valence-corrected chi connectivity index (χ2v) is 5.54. The zero-order valence-corrected chi connectivity index (χ0v) is 13.6. The Kier molecular flexibility index (Phi) is 4.92. The van der Waals surface area contributed by atoms with Crippen LogP contribution < -0.4 is 21.3 Å². The molecule has 7 nitrogen and oxygen atoms in total. The van der Waals surface area contributed by atoms with Crippen LogP contribution in [0.5, 0.6) is 6.01 Å². The number of halogens is 1. The van der Waals surface area contributed by atoms with Crippen molar-refractivity contribution in [3.8, 4) is 6.01 Å². The Bertz CT molecular complexity index is 634. The fraction of sp³-hybridized carbons (Fsp3) is 0.308. The van der Waals surface area contributed by atoms with Crippen molar-refractivity contribution in [1.82, 2.24) is 15.0 Å². The minimum atomic E-state index is -0.0445. The number of anilines is 3. The van der Waals surface area contributed by atoms with Crippen LogP contribution in [0.25, 0.3) is 0 Å². The second-order valence-electron chi connectivity index (χ2n) is 4.68. The predicted molar refractivity (Wildman–Crippen MR) is 85.6 cm³/mol. The number of rotatable bonds is 5. The molecule has 0 fully saturated rings. The molecule has 2 rings (SSSR count). The van der Waals surface area contributed by atoms with Gasteiger partial charge in [0.05, 0.1) is 11.8 Å². The number of aryl methyl sites for hydroxylation is 1. The van der Waals surface area contributed by atoms with E-state index in [1.165, 1.54) is 0 Å². The van der Waals surface area contributed by atoms with Gasteiger partial charge >= 0.3 is 6.01 Å². The standard InChI is InChI=1S/C13H17BrN6O/c1-7(2)21-13-18-11(17-12(19-13)20-15)16-10-5-4-8(3)6-9(10)14/h4-7H,15H2,1-3H3,(H2,16,17,18,19,20). The fourth-order valence-electron chi connectivity index (χ4n) is 1.58. The first-order chi connectivity index (χ1) is 9.97. The number of ether oxygens (including phenoxy) is 1. The fourth-order valence-corrected chi connectivity index (χ4v) is 2.17. The van der Waals surface area contributed by atoms with Crippen molar-refractivity contribution < 1.29 is 4.74 Å². The summed E-state index contributed by atoms with van der Waals surface area (Å²) in [6.45, 7) is 5.80. The topological polar surface area (TPSA) is 98.0 Å². The van der Waals surface area contributed by atoms with Crippen molar-refractivity contribution in [2.45, 2.75) is 26.9 Å². The van der Waals surface area contributed by atoms with Gasteiger partial charge in [-0.1, -0.05) is 6.07 Å². The van der Waals surface area contributed by atoms with Gasteiger partial charge in [0, 0.05) is 4.47 Å². The average Bonchev–Trinajstić information content (AvgIpc) is 2.41. The van der Waals surface area contributed by atoms with Crippen LogP contribution in [0.15, 0.2) is 22.7 Å². The molecule has 0 unspecified atom stereocenters. The monoisotopic (exact) mass is 352 g/mol. The zero-order valence-electron chi connectivity index (χ0n) is 12.0. The van der Waals surface area contributed by atoms with Gasteiger partial charge in [-0.05, 0) is 54.4 Å². The molecular formula is C13H17BrN6O. The molecule has 2 aromatic rings. The first kappa shape index (κ1) is 15.5. The highest BCUT2D eigenvalue weighted by atomic mass is 79.9. The van der Waals surface area contributed by atoms with Gasteiger partial charge in [0.25, 0.3) is 0 Å². The molecule has 0 saturated heterocycles. The molecule has 0 aliphatic heterocycles. The molecule has 1 heterocycles. The van der Waals surface area contributed by atoms with Crippen LogP contribution >= 0.6 is 15.9 Å². The molecule has 1 aromatic heterocycles. The van der Waals surface area contributed by atoms with Gasteiger partial charge in [-0.2, -0.15) is 15.0 Å². The van der Waals surface area contributed by atoms with Crippen LogP contribution in [0, 0.1) is 6.92 Å². The highest BCUT2D eigenvalue weighted by Gasteiger charge is 2.10. The lowest BCUT2D eigenvalue weighted by Gasteiger charge is -2.12. The number of hydrazine groups is 1. The van der Waals surface area contributed by atoms with Crippen LogP contribution in [0.3, 0.4) is 0 Å². The summed E-state index contributed by atoms with van der Waals surface area (Å²) in [6, 6.07) is 6.12. The number of aromatic nitrogens is 3. The van der Waals surface area contributed by atoms with E-state index >= 15 is 0 Å².